The Hall–Kier alpha value is -2.83. The molecule has 2 heterocycles. The van der Waals surface area contributed by atoms with Gasteiger partial charge in [-0.25, -0.2) is 4.79 Å². The van der Waals surface area contributed by atoms with Crippen LogP contribution in [-0.4, -0.2) is 31.4 Å². The van der Waals surface area contributed by atoms with E-state index in [2.05, 4.69) is 5.32 Å². The second-order valence-electron chi connectivity index (χ2n) is 7.20. The summed E-state index contributed by atoms with van der Waals surface area (Å²) >= 11 is 0. The number of allylic oxidation sites excluding steroid dienone is 3. The smallest absolute Gasteiger partial charge is 0.336 e. The molecule has 0 amide bonds. The van der Waals surface area contributed by atoms with Gasteiger partial charge in [-0.2, -0.15) is 0 Å². The first kappa shape index (κ1) is 19.9. The molecule has 1 aromatic rings. The summed E-state index contributed by atoms with van der Waals surface area (Å²) in [5, 5.41) is 3.20. The van der Waals surface area contributed by atoms with E-state index in [9.17, 15) is 14.4 Å². The standard InChI is InChI=1S/C21H25NO6/c1-6-27-21(25)16-12(4)22-13-9-10(2)15(20(24)26-5)19(23)17(13)18(16)14-8-7-11(3)28-14/h7-8,10,15,18,22H,6,9H2,1-5H3. The van der Waals surface area contributed by atoms with Crippen LogP contribution in [0.15, 0.2) is 39.1 Å². The number of aryl methyl sites for hydroxylation is 1. The predicted molar refractivity (Wildman–Crippen MR) is 100.0 cm³/mol. The molecule has 0 aromatic carbocycles. The van der Waals surface area contributed by atoms with Gasteiger partial charge in [0.2, 0.25) is 0 Å². The summed E-state index contributed by atoms with van der Waals surface area (Å²) in [7, 11) is 1.27. The van der Waals surface area contributed by atoms with E-state index in [4.69, 9.17) is 13.9 Å². The molecule has 0 saturated heterocycles. The second kappa shape index (κ2) is 7.66. The summed E-state index contributed by atoms with van der Waals surface area (Å²) in [4.78, 5) is 38.4. The number of ketones is 1. The number of hydrogen-bond donors (Lipinski definition) is 1. The summed E-state index contributed by atoms with van der Waals surface area (Å²) in [5.74, 6) is -2.15. The highest BCUT2D eigenvalue weighted by atomic mass is 16.5. The number of nitrogens with one attached hydrogen (secondary N) is 1. The Balaban J connectivity index is 2.16. The third-order valence-corrected chi connectivity index (χ3v) is 5.28. The Bertz CT molecular complexity index is 890. The first-order valence-electron chi connectivity index (χ1n) is 9.36. The maximum absolute atomic E-state index is 13.4. The van der Waals surface area contributed by atoms with Gasteiger partial charge in [0.15, 0.2) is 5.78 Å². The Labute approximate surface area is 163 Å². The van der Waals surface area contributed by atoms with Gasteiger partial charge < -0.3 is 19.2 Å². The molecule has 3 atom stereocenters. The molecule has 0 bridgehead atoms. The van der Waals surface area contributed by atoms with Crippen molar-refractivity contribution in [3.63, 3.8) is 0 Å². The summed E-state index contributed by atoms with van der Waals surface area (Å²) in [6.07, 6.45) is 0.491. The molecule has 0 radical (unpaired) electrons. The van der Waals surface area contributed by atoms with Crippen molar-refractivity contribution in [1.82, 2.24) is 5.32 Å². The average molecular weight is 387 g/mol. The third kappa shape index (κ3) is 3.25. The molecular formula is C21H25NO6. The van der Waals surface area contributed by atoms with Crippen LogP contribution in [0.2, 0.25) is 0 Å². The third-order valence-electron chi connectivity index (χ3n) is 5.28. The van der Waals surface area contributed by atoms with E-state index in [1.807, 2.05) is 6.92 Å². The van der Waals surface area contributed by atoms with Crippen molar-refractivity contribution in [3.05, 3.63) is 46.2 Å². The lowest BCUT2D eigenvalue weighted by Crippen LogP contribution is -2.43. The average Bonchev–Trinajstić information content (AvgIpc) is 3.06. The maximum atomic E-state index is 13.4. The molecule has 1 aliphatic carbocycles. The number of Topliss-reactive ketones (excluding diaryl/α,β-unsaturated/α-hetero) is 1. The Morgan fingerprint density at radius 1 is 1.29 bits per heavy atom. The van der Waals surface area contributed by atoms with E-state index in [-0.39, 0.29) is 18.3 Å². The first-order chi connectivity index (χ1) is 13.3. The lowest BCUT2D eigenvalue weighted by Gasteiger charge is -2.37. The van der Waals surface area contributed by atoms with Crippen molar-refractivity contribution >= 4 is 17.7 Å². The number of hydrogen-bond acceptors (Lipinski definition) is 7. The zero-order chi connectivity index (χ0) is 20.6. The molecular weight excluding hydrogens is 362 g/mol. The van der Waals surface area contributed by atoms with E-state index in [1.165, 1.54) is 7.11 Å². The predicted octanol–water partition coefficient (Wildman–Crippen LogP) is 2.76. The van der Waals surface area contributed by atoms with Crippen molar-refractivity contribution in [2.45, 2.75) is 40.0 Å². The minimum absolute atomic E-state index is 0.210. The van der Waals surface area contributed by atoms with Gasteiger partial charge in [-0.15, -0.1) is 0 Å². The number of methoxy groups -OCH3 is 1. The molecule has 3 unspecified atom stereocenters. The fourth-order valence-corrected chi connectivity index (χ4v) is 4.05. The van der Waals surface area contributed by atoms with Crippen molar-refractivity contribution < 1.29 is 28.3 Å². The Kier molecular flexibility index (Phi) is 5.45. The van der Waals surface area contributed by atoms with Crippen LogP contribution in [0.25, 0.3) is 0 Å². The van der Waals surface area contributed by atoms with Gasteiger partial charge in [-0.05, 0) is 45.2 Å². The number of furan rings is 1. The number of ether oxygens (including phenoxy) is 2. The molecule has 1 N–H and O–H groups in total. The monoisotopic (exact) mass is 387 g/mol. The zero-order valence-electron chi connectivity index (χ0n) is 16.8. The fraction of sp³-hybridized carbons (Fsp3) is 0.476. The first-order valence-corrected chi connectivity index (χ1v) is 9.36. The van der Waals surface area contributed by atoms with E-state index in [0.717, 1.165) is 0 Å². The van der Waals surface area contributed by atoms with Crippen molar-refractivity contribution in [3.8, 4) is 0 Å². The van der Waals surface area contributed by atoms with Crippen LogP contribution in [-0.2, 0) is 23.9 Å². The highest BCUT2D eigenvalue weighted by Gasteiger charge is 2.48. The number of carbonyl (C=O) groups is 3. The SMILES string of the molecule is CCOC(=O)C1=C(C)NC2=C(C(=O)C(C(=O)OC)C(C)C2)C1c1ccc(C)o1. The number of dihydropyridines is 1. The fourth-order valence-electron chi connectivity index (χ4n) is 4.05. The van der Waals surface area contributed by atoms with Gasteiger partial charge in [0.1, 0.15) is 17.4 Å². The second-order valence-corrected chi connectivity index (χ2v) is 7.20. The molecule has 2 aliphatic rings. The molecule has 1 aliphatic heterocycles. The van der Waals surface area contributed by atoms with Gasteiger partial charge in [-0.3, -0.25) is 9.59 Å². The Morgan fingerprint density at radius 3 is 2.57 bits per heavy atom. The van der Waals surface area contributed by atoms with E-state index >= 15 is 0 Å². The molecule has 0 saturated carbocycles. The maximum Gasteiger partial charge on any atom is 0.336 e. The molecule has 0 fully saturated rings. The highest BCUT2D eigenvalue weighted by molar-refractivity contribution is 6.12. The minimum atomic E-state index is -0.911. The molecule has 7 heteroatoms. The minimum Gasteiger partial charge on any atom is -0.468 e. The summed E-state index contributed by atoms with van der Waals surface area (Å²) < 4.78 is 15.9. The van der Waals surface area contributed by atoms with E-state index in [0.29, 0.717) is 40.5 Å². The number of esters is 2. The van der Waals surface area contributed by atoms with Crippen LogP contribution < -0.4 is 5.32 Å². The largest absolute Gasteiger partial charge is 0.468 e. The molecule has 7 nitrogen and oxygen atoms in total. The van der Waals surface area contributed by atoms with Crippen molar-refractivity contribution in [2.75, 3.05) is 13.7 Å². The quantitative estimate of drug-likeness (QED) is 0.627. The van der Waals surface area contributed by atoms with Crippen LogP contribution in [0.3, 0.4) is 0 Å². The van der Waals surface area contributed by atoms with E-state index in [1.54, 1.807) is 32.9 Å². The van der Waals surface area contributed by atoms with Crippen LogP contribution in [0.4, 0.5) is 0 Å². The molecule has 150 valence electrons. The van der Waals surface area contributed by atoms with Gasteiger partial charge >= 0.3 is 11.9 Å². The summed E-state index contributed by atoms with van der Waals surface area (Å²) in [5.41, 5.74) is 2.02. The molecule has 0 spiro atoms. The van der Waals surface area contributed by atoms with Gasteiger partial charge in [0, 0.05) is 17.0 Å². The number of rotatable bonds is 4. The molecule has 1 aromatic heterocycles. The van der Waals surface area contributed by atoms with Gasteiger partial charge in [0.05, 0.1) is 25.2 Å². The summed E-state index contributed by atoms with van der Waals surface area (Å²) in [6.45, 7) is 7.35. The van der Waals surface area contributed by atoms with Crippen LogP contribution >= 0.6 is 0 Å². The zero-order valence-corrected chi connectivity index (χ0v) is 16.8. The van der Waals surface area contributed by atoms with Gasteiger partial charge in [0.25, 0.3) is 0 Å². The topological polar surface area (TPSA) is 94.8 Å². The lowest BCUT2D eigenvalue weighted by molar-refractivity contribution is -0.151. The van der Waals surface area contributed by atoms with Gasteiger partial charge in [-0.1, -0.05) is 6.92 Å². The normalized spacial score (nSPS) is 24.6. The van der Waals surface area contributed by atoms with Crippen molar-refractivity contribution in [2.24, 2.45) is 11.8 Å². The van der Waals surface area contributed by atoms with Crippen molar-refractivity contribution in [1.29, 1.82) is 0 Å². The molecule has 28 heavy (non-hydrogen) atoms. The van der Waals surface area contributed by atoms with E-state index < -0.39 is 23.8 Å². The summed E-state index contributed by atoms with van der Waals surface area (Å²) in [6, 6.07) is 3.53. The van der Waals surface area contributed by atoms with Crippen LogP contribution in [0.1, 0.15) is 44.6 Å². The Morgan fingerprint density at radius 2 is 2.00 bits per heavy atom. The molecule has 3 rings (SSSR count). The number of carbonyl (C=O) groups excluding carboxylic acids is 3. The van der Waals surface area contributed by atoms with Crippen LogP contribution in [0.5, 0.6) is 0 Å². The highest BCUT2D eigenvalue weighted by Crippen LogP contribution is 2.45. The lowest BCUT2D eigenvalue weighted by atomic mass is 9.70. The van der Waals surface area contributed by atoms with Crippen LogP contribution in [0, 0.1) is 18.8 Å².